The molecule has 16 heavy (non-hydrogen) atoms. The molecule has 0 aromatic carbocycles. The molecule has 5 nitrogen and oxygen atoms in total. The van der Waals surface area contributed by atoms with E-state index in [0.29, 0.717) is 12.5 Å². The summed E-state index contributed by atoms with van der Waals surface area (Å²) in [6, 6.07) is -0.0169. The van der Waals surface area contributed by atoms with Gasteiger partial charge in [-0.05, 0) is 25.2 Å². The second-order valence-electron chi connectivity index (χ2n) is 4.54. The van der Waals surface area contributed by atoms with Gasteiger partial charge in [-0.3, -0.25) is 4.79 Å². The third kappa shape index (κ3) is 3.72. The van der Waals surface area contributed by atoms with Crippen LogP contribution in [-0.2, 0) is 4.79 Å². The highest BCUT2D eigenvalue weighted by molar-refractivity contribution is 5.80. The molecule has 0 atom stereocenters. The molecule has 0 bridgehead atoms. The molecule has 0 heterocycles. The molecule has 0 aromatic rings. The fourth-order valence-corrected chi connectivity index (χ4v) is 1.97. The maximum Gasteiger partial charge on any atom is 0.323 e. The minimum Gasteiger partial charge on any atom is -0.480 e. The number of carbonyl (C=O) groups excluding carboxylic acids is 1. The Labute approximate surface area is 95.8 Å². The van der Waals surface area contributed by atoms with E-state index in [1.165, 1.54) is 4.90 Å². The summed E-state index contributed by atoms with van der Waals surface area (Å²) in [5.41, 5.74) is 0. The van der Waals surface area contributed by atoms with E-state index in [0.717, 1.165) is 19.3 Å². The molecule has 0 radical (unpaired) electrons. The number of carboxylic acids is 1. The van der Waals surface area contributed by atoms with E-state index in [4.69, 9.17) is 5.11 Å². The Kier molecular flexibility index (Phi) is 4.58. The largest absolute Gasteiger partial charge is 0.480 e. The first-order valence-corrected chi connectivity index (χ1v) is 5.80. The van der Waals surface area contributed by atoms with Crippen LogP contribution in [0.1, 0.15) is 33.1 Å². The van der Waals surface area contributed by atoms with Gasteiger partial charge in [0.2, 0.25) is 0 Å². The zero-order valence-electron chi connectivity index (χ0n) is 9.90. The molecule has 1 fully saturated rings. The van der Waals surface area contributed by atoms with Gasteiger partial charge in [-0.25, -0.2) is 4.79 Å². The monoisotopic (exact) mass is 228 g/mol. The van der Waals surface area contributed by atoms with Crippen molar-refractivity contribution in [1.82, 2.24) is 10.2 Å². The number of hydrogen-bond acceptors (Lipinski definition) is 2. The summed E-state index contributed by atoms with van der Waals surface area (Å²) in [4.78, 5) is 23.7. The normalized spacial score (nSPS) is 23.4. The Hall–Kier alpha value is -1.26. The van der Waals surface area contributed by atoms with E-state index >= 15 is 0 Å². The average Bonchev–Trinajstić information content (AvgIpc) is 2.14. The first-order chi connectivity index (χ1) is 7.52. The van der Waals surface area contributed by atoms with Crippen molar-refractivity contribution in [1.29, 1.82) is 0 Å². The Bertz CT molecular complexity index is 262. The van der Waals surface area contributed by atoms with Gasteiger partial charge in [0.15, 0.2) is 0 Å². The van der Waals surface area contributed by atoms with Gasteiger partial charge >= 0.3 is 12.0 Å². The maximum absolute atomic E-state index is 11.7. The highest BCUT2D eigenvalue weighted by atomic mass is 16.4. The lowest BCUT2D eigenvalue weighted by Crippen LogP contribution is -2.50. The predicted molar refractivity (Wildman–Crippen MR) is 60.2 cm³/mol. The van der Waals surface area contributed by atoms with Crippen LogP contribution in [0.3, 0.4) is 0 Å². The Balaban J connectivity index is 2.37. The lowest BCUT2D eigenvalue weighted by molar-refractivity contribution is -0.137. The molecule has 1 saturated carbocycles. The van der Waals surface area contributed by atoms with E-state index in [2.05, 4.69) is 12.2 Å². The van der Waals surface area contributed by atoms with Crippen LogP contribution in [0.5, 0.6) is 0 Å². The molecule has 2 amide bonds. The van der Waals surface area contributed by atoms with Crippen LogP contribution in [0.15, 0.2) is 0 Å². The van der Waals surface area contributed by atoms with Crippen molar-refractivity contribution in [3.63, 3.8) is 0 Å². The van der Waals surface area contributed by atoms with Gasteiger partial charge in [0.1, 0.15) is 6.54 Å². The van der Waals surface area contributed by atoms with Crippen LogP contribution in [-0.4, -0.2) is 41.1 Å². The molecule has 1 aliphatic rings. The number of carbonyl (C=O) groups is 2. The summed E-state index contributed by atoms with van der Waals surface area (Å²) in [6.45, 7) is 4.33. The number of hydrogen-bond donors (Lipinski definition) is 2. The average molecular weight is 228 g/mol. The third-order valence-electron chi connectivity index (χ3n) is 2.81. The van der Waals surface area contributed by atoms with Crippen LogP contribution in [0.25, 0.3) is 0 Å². The maximum atomic E-state index is 11.7. The minimum absolute atomic E-state index is 0.220. The number of rotatable bonds is 5. The summed E-state index contributed by atoms with van der Waals surface area (Å²) in [7, 11) is 0. The summed E-state index contributed by atoms with van der Waals surface area (Å²) < 4.78 is 0. The van der Waals surface area contributed by atoms with Gasteiger partial charge in [0, 0.05) is 12.6 Å². The van der Waals surface area contributed by atoms with Gasteiger partial charge in [-0.2, -0.15) is 0 Å². The number of urea groups is 1. The first kappa shape index (κ1) is 12.8. The van der Waals surface area contributed by atoms with Crippen molar-refractivity contribution in [3.8, 4) is 0 Å². The SMILES string of the molecule is CCCN(CC(=O)O)C(=O)NC1CC(C)C1. The van der Waals surface area contributed by atoms with E-state index in [-0.39, 0.29) is 18.6 Å². The van der Waals surface area contributed by atoms with Crippen LogP contribution >= 0.6 is 0 Å². The van der Waals surface area contributed by atoms with E-state index in [1.807, 2.05) is 6.92 Å². The number of aliphatic carboxylic acids is 1. The fraction of sp³-hybridized carbons (Fsp3) is 0.818. The van der Waals surface area contributed by atoms with Gasteiger partial charge in [0.25, 0.3) is 0 Å². The van der Waals surface area contributed by atoms with E-state index < -0.39 is 5.97 Å². The smallest absolute Gasteiger partial charge is 0.323 e. The van der Waals surface area contributed by atoms with E-state index in [1.54, 1.807) is 0 Å². The quantitative estimate of drug-likeness (QED) is 0.745. The second-order valence-corrected chi connectivity index (χ2v) is 4.54. The first-order valence-electron chi connectivity index (χ1n) is 5.80. The number of nitrogens with zero attached hydrogens (tertiary/aromatic N) is 1. The van der Waals surface area contributed by atoms with Crippen LogP contribution < -0.4 is 5.32 Å². The van der Waals surface area contributed by atoms with Gasteiger partial charge in [0.05, 0.1) is 0 Å². The van der Waals surface area contributed by atoms with Crippen molar-refractivity contribution < 1.29 is 14.7 Å². The van der Waals surface area contributed by atoms with Crippen molar-refractivity contribution in [2.24, 2.45) is 5.92 Å². The highest BCUT2D eigenvalue weighted by Crippen LogP contribution is 2.26. The lowest BCUT2D eigenvalue weighted by atomic mass is 9.82. The molecule has 0 aromatic heterocycles. The Morgan fingerprint density at radius 2 is 2.06 bits per heavy atom. The number of nitrogens with one attached hydrogen (secondary N) is 1. The van der Waals surface area contributed by atoms with Gasteiger partial charge in [-0.1, -0.05) is 13.8 Å². The molecular formula is C11H20N2O3. The molecule has 0 unspecified atom stereocenters. The van der Waals surface area contributed by atoms with Crippen molar-refractivity contribution in [2.75, 3.05) is 13.1 Å². The molecule has 5 heteroatoms. The highest BCUT2D eigenvalue weighted by Gasteiger charge is 2.28. The van der Waals surface area contributed by atoms with Crippen LogP contribution in [0, 0.1) is 5.92 Å². The number of carboxylic acid groups (broad SMARTS) is 1. The fourth-order valence-electron chi connectivity index (χ4n) is 1.97. The molecule has 1 aliphatic carbocycles. The summed E-state index contributed by atoms with van der Waals surface area (Å²) in [6.07, 6.45) is 2.76. The molecule has 0 spiro atoms. The Morgan fingerprint density at radius 1 is 1.44 bits per heavy atom. The molecule has 92 valence electrons. The molecule has 2 N–H and O–H groups in total. The van der Waals surface area contributed by atoms with Crippen molar-refractivity contribution in [3.05, 3.63) is 0 Å². The molecule has 0 aliphatic heterocycles. The summed E-state index contributed by atoms with van der Waals surface area (Å²) in [5.74, 6) is -0.296. The molecule has 0 saturated heterocycles. The zero-order valence-corrected chi connectivity index (χ0v) is 9.90. The molecular weight excluding hydrogens is 208 g/mol. The van der Waals surface area contributed by atoms with Gasteiger partial charge < -0.3 is 15.3 Å². The van der Waals surface area contributed by atoms with Crippen LogP contribution in [0.4, 0.5) is 4.79 Å². The summed E-state index contributed by atoms with van der Waals surface area (Å²) in [5, 5.41) is 11.5. The van der Waals surface area contributed by atoms with Crippen molar-refractivity contribution in [2.45, 2.75) is 39.2 Å². The summed E-state index contributed by atoms with van der Waals surface area (Å²) >= 11 is 0. The Morgan fingerprint density at radius 3 is 2.50 bits per heavy atom. The van der Waals surface area contributed by atoms with Crippen LogP contribution in [0.2, 0.25) is 0 Å². The van der Waals surface area contributed by atoms with Crippen molar-refractivity contribution >= 4 is 12.0 Å². The topological polar surface area (TPSA) is 69.6 Å². The molecule has 1 rings (SSSR count). The lowest BCUT2D eigenvalue weighted by Gasteiger charge is -2.35. The number of amides is 2. The minimum atomic E-state index is -0.967. The third-order valence-corrected chi connectivity index (χ3v) is 2.81. The zero-order chi connectivity index (χ0) is 12.1. The van der Waals surface area contributed by atoms with Gasteiger partial charge in [-0.15, -0.1) is 0 Å². The predicted octanol–water partition coefficient (Wildman–Crippen LogP) is 1.29. The standard InChI is InChI=1S/C11H20N2O3/c1-3-4-13(7-10(14)15)11(16)12-9-5-8(2)6-9/h8-9H,3-7H2,1-2H3,(H,12,16)(H,14,15). The second kappa shape index (κ2) is 5.72. The van der Waals surface area contributed by atoms with E-state index in [9.17, 15) is 9.59 Å².